The smallest absolute Gasteiger partial charge is 0.265 e. The van der Waals surface area contributed by atoms with Gasteiger partial charge in [0.05, 0.1) is 6.20 Å². The van der Waals surface area contributed by atoms with E-state index in [0.29, 0.717) is 10.1 Å². The summed E-state index contributed by atoms with van der Waals surface area (Å²) in [5.41, 5.74) is 5.96. The van der Waals surface area contributed by atoms with Gasteiger partial charge in [0.2, 0.25) is 11.5 Å². The lowest BCUT2D eigenvalue weighted by molar-refractivity contribution is 0.407. The highest BCUT2D eigenvalue weighted by atomic mass is 79.9. The second kappa shape index (κ2) is 4.71. The van der Waals surface area contributed by atoms with Crippen molar-refractivity contribution in [3.05, 3.63) is 46.8 Å². The molecule has 0 aliphatic heterocycles. The van der Waals surface area contributed by atoms with Crippen molar-refractivity contribution in [2.24, 2.45) is 0 Å². The molecule has 102 valence electrons. The van der Waals surface area contributed by atoms with Crippen LogP contribution in [0.4, 0.5) is 14.6 Å². The van der Waals surface area contributed by atoms with Gasteiger partial charge in [0.1, 0.15) is 5.82 Å². The number of nitrogens with two attached hydrogens (primary N) is 1. The van der Waals surface area contributed by atoms with Crippen LogP contribution in [0.25, 0.3) is 5.65 Å². The van der Waals surface area contributed by atoms with E-state index in [1.807, 2.05) is 0 Å². The zero-order chi connectivity index (χ0) is 14.3. The minimum absolute atomic E-state index is 0.00796. The molecule has 3 rings (SSSR count). The maximum Gasteiger partial charge on any atom is 0.265 e. The Labute approximate surface area is 120 Å². The first-order chi connectivity index (χ1) is 9.54. The summed E-state index contributed by atoms with van der Waals surface area (Å²) >= 11 is 3.06. The van der Waals surface area contributed by atoms with Crippen molar-refractivity contribution < 1.29 is 13.5 Å². The highest BCUT2D eigenvalue weighted by Gasteiger charge is 2.15. The molecule has 2 heterocycles. The van der Waals surface area contributed by atoms with Gasteiger partial charge in [-0.3, -0.25) is 4.40 Å². The second-order valence-corrected chi connectivity index (χ2v) is 4.85. The van der Waals surface area contributed by atoms with Gasteiger partial charge in [-0.1, -0.05) is 15.9 Å². The Morgan fingerprint density at radius 1 is 1.30 bits per heavy atom. The molecule has 2 aromatic heterocycles. The first-order valence-electron chi connectivity index (χ1n) is 5.46. The summed E-state index contributed by atoms with van der Waals surface area (Å²) in [5.74, 6) is -2.28. The summed E-state index contributed by atoms with van der Waals surface area (Å²) in [5, 5.41) is 0. The molecular formula is C12H7BrF2N4O. The lowest BCUT2D eigenvalue weighted by atomic mass is 10.3. The quantitative estimate of drug-likeness (QED) is 0.728. The SMILES string of the molecule is Nc1cn2ccnc2c(Oc2cc(Br)cc(F)c2F)n1. The van der Waals surface area contributed by atoms with Crippen molar-refractivity contribution in [2.75, 3.05) is 5.73 Å². The van der Waals surface area contributed by atoms with E-state index in [2.05, 4.69) is 25.9 Å². The Balaban J connectivity index is 2.12. The van der Waals surface area contributed by atoms with Gasteiger partial charge in [-0.25, -0.2) is 9.37 Å². The van der Waals surface area contributed by atoms with Gasteiger partial charge in [0, 0.05) is 16.9 Å². The van der Waals surface area contributed by atoms with Gasteiger partial charge in [0.15, 0.2) is 11.6 Å². The third kappa shape index (κ3) is 2.18. The molecule has 20 heavy (non-hydrogen) atoms. The average molecular weight is 341 g/mol. The minimum Gasteiger partial charge on any atom is -0.433 e. The zero-order valence-electron chi connectivity index (χ0n) is 9.85. The summed E-state index contributed by atoms with van der Waals surface area (Å²) in [6.07, 6.45) is 4.69. The van der Waals surface area contributed by atoms with Crippen LogP contribution in [-0.2, 0) is 0 Å². The van der Waals surface area contributed by atoms with E-state index in [0.717, 1.165) is 6.07 Å². The predicted molar refractivity (Wildman–Crippen MR) is 71.5 cm³/mol. The molecule has 5 nitrogen and oxygen atoms in total. The number of benzene rings is 1. The number of nitrogens with zero attached hydrogens (tertiary/aromatic N) is 3. The van der Waals surface area contributed by atoms with E-state index in [-0.39, 0.29) is 17.4 Å². The number of nitrogen functional groups attached to an aromatic ring is 1. The van der Waals surface area contributed by atoms with E-state index in [1.165, 1.54) is 18.5 Å². The number of hydrogen-bond acceptors (Lipinski definition) is 4. The number of anilines is 1. The Morgan fingerprint density at radius 2 is 2.10 bits per heavy atom. The molecule has 0 spiro atoms. The van der Waals surface area contributed by atoms with E-state index in [4.69, 9.17) is 10.5 Å². The number of hydrogen-bond donors (Lipinski definition) is 1. The molecule has 0 radical (unpaired) electrons. The van der Waals surface area contributed by atoms with Crippen LogP contribution in [-0.4, -0.2) is 14.4 Å². The molecule has 0 saturated heterocycles. The summed E-state index contributed by atoms with van der Waals surface area (Å²) in [6, 6.07) is 2.29. The molecule has 0 atom stereocenters. The Morgan fingerprint density at radius 3 is 2.90 bits per heavy atom. The summed E-state index contributed by atoms with van der Waals surface area (Å²) in [6.45, 7) is 0. The second-order valence-electron chi connectivity index (χ2n) is 3.93. The number of aromatic nitrogens is 3. The van der Waals surface area contributed by atoms with Gasteiger partial charge in [-0.15, -0.1) is 0 Å². The highest BCUT2D eigenvalue weighted by molar-refractivity contribution is 9.10. The minimum atomic E-state index is -1.11. The Bertz CT molecular complexity index is 805. The first-order valence-corrected chi connectivity index (χ1v) is 6.25. The number of ether oxygens (including phenoxy) is 1. The molecule has 0 saturated carbocycles. The molecule has 3 aromatic rings. The van der Waals surface area contributed by atoms with Gasteiger partial charge in [-0.2, -0.15) is 9.37 Å². The Hall–Kier alpha value is -2.22. The van der Waals surface area contributed by atoms with Crippen LogP contribution in [0, 0.1) is 11.6 Å². The molecule has 0 fully saturated rings. The van der Waals surface area contributed by atoms with Crippen molar-refractivity contribution in [1.82, 2.24) is 14.4 Å². The summed E-state index contributed by atoms with van der Waals surface area (Å²) in [7, 11) is 0. The number of imidazole rings is 1. The van der Waals surface area contributed by atoms with Gasteiger partial charge >= 0.3 is 0 Å². The largest absolute Gasteiger partial charge is 0.433 e. The number of halogens is 3. The fourth-order valence-corrected chi connectivity index (χ4v) is 2.11. The normalized spacial score (nSPS) is 10.9. The van der Waals surface area contributed by atoms with E-state index >= 15 is 0 Å². The van der Waals surface area contributed by atoms with Crippen molar-refractivity contribution in [3.8, 4) is 11.6 Å². The summed E-state index contributed by atoms with van der Waals surface area (Å²) < 4.78 is 34.2. The van der Waals surface area contributed by atoms with Crippen LogP contribution in [0.5, 0.6) is 11.6 Å². The van der Waals surface area contributed by atoms with Gasteiger partial charge in [0.25, 0.3) is 5.88 Å². The fraction of sp³-hybridized carbons (Fsp3) is 0. The van der Waals surface area contributed by atoms with Gasteiger partial charge < -0.3 is 10.5 Å². The molecule has 2 N–H and O–H groups in total. The van der Waals surface area contributed by atoms with Crippen LogP contribution in [0.3, 0.4) is 0 Å². The molecular weight excluding hydrogens is 334 g/mol. The molecule has 0 amide bonds. The molecule has 0 bridgehead atoms. The lowest BCUT2D eigenvalue weighted by Crippen LogP contribution is -2.00. The highest BCUT2D eigenvalue weighted by Crippen LogP contribution is 2.30. The van der Waals surface area contributed by atoms with E-state index in [9.17, 15) is 8.78 Å². The third-order valence-corrected chi connectivity index (χ3v) is 2.99. The van der Waals surface area contributed by atoms with Crippen LogP contribution in [0.2, 0.25) is 0 Å². The van der Waals surface area contributed by atoms with Crippen molar-refractivity contribution >= 4 is 27.4 Å². The number of rotatable bonds is 2. The fourth-order valence-electron chi connectivity index (χ4n) is 1.70. The molecule has 0 unspecified atom stereocenters. The maximum absolute atomic E-state index is 13.7. The lowest BCUT2D eigenvalue weighted by Gasteiger charge is -2.08. The monoisotopic (exact) mass is 340 g/mol. The van der Waals surface area contributed by atoms with Crippen molar-refractivity contribution in [2.45, 2.75) is 0 Å². The zero-order valence-corrected chi connectivity index (χ0v) is 11.4. The van der Waals surface area contributed by atoms with E-state index in [1.54, 1.807) is 10.6 Å². The number of fused-ring (bicyclic) bond motifs is 1. The van der Waals surface area contributed by atoms with Crippen molar-refractivity contribution in [1.29, 1.82) is 0 Å². The molecule has 0 aliphatic rings. The van der Waals surface area contributed by atoms with Crippen LogP contribution >= 0.6 is 15.9 Å². The first kappa shape index (κ1) is 12.8. The van der Waals surface area contributed by atoms with Crippen LogP contribution in [0.15, 0.2) is 35.2 Å². The Kier molecular flexibility index (Phi) is 3.01. The summed E-state index contributed by atoms with van der Waals surface area (Å²) in [4.78, 5) is 7.96. The standard InChI is InChI=1S/C12H7BrF2N4O/c13-6-3-7(14)10(15)8(4-6)20-12-11-17-1-2-19(11)5-9(16)18-12/h1-5H,16H2. The molecule has 8 heteroatoms. The van der Waals surface area contributed by atoms with Crippen LogP contribution < -0.4 is 10.5 Å². The van der Waals surface area contributed by atoms with Crippen molar-refractivity contribution in [3.63, 3.8) is 0 Å². The van der Waals surface area contributed by atoms with Gasteiger partial charge in [-0.05, 0) is 12.1 Å². The van der Waals surface area contributed by atoms with Crippen LogP contribution in [0.1, 0.15) is 0 Å². The predicted octanol–water partition coefficient (Wildman–Crippen LogP) is 3.14. The molecule has 1 aromatic carbocycles. The average Bonchev–Trinajstić information content (AvgIpc) is 2.83. The topological polar surface area (TPSA) is 65.4 Å². The maximum atomic E-state index is 13.7. The molecule has 0 aliphatic carbocycles. The van der Waals surface area contributed by atoms with E-state index < -0.39 is 11.6 Å². The third-order valence-electron chi connectivity index (χ3n) is 2.53.